The highest BCUT2D eigenvalue weighted by Gasteiger charge is 2.09. The predicted octanol–water partition coefficient (Wildman–Crippen LogP) is 3.88. The maximum absolute atomic E-state index is 13.6. The normalized spacial score (nSPS) is 11.0. The summed E-state index contributed by atoms with van der Waals surface area (Å²) < 4.78 is 26.9. The van der Waals surface area contributed by atoms with E-state index in [-0.39, 0.29) is 12.1 Å². The zero-order valence-electron chi connectivity index (χ0n) is 13.1. The molecule has 2 aromatic heterocycles. The molecule has 130 valence electrons. The van der Waals surface area contributed by atoms with E-state index in [1.165, 1.54) is 35.2 Å². The fourth-order valence-electron chi connectivity index (χ4n) is 2.18. The molecule has 0 saturated carbocycles. The minimum atomic E-state index is -0.621. The van der Waals surface area contributed by atoms with E-state index in [2.05, 4.69) is 15.3 Å². The van der Waals surface area contributed by atoms with Gasteiger partial charge in [0.1, 0.15) is 26.6 Å². The van der Waals surface area contributed by atoms with Crippen molar-refractivity contribution in [2.75, 3.05) is 0 Å². The van der Waals surface area contributed by atoms with Crippen molar-refractivity contribution in [3.63, 3.8) is 0 Å². The molecule has 2 N–H and O–H groups in total. The zero-order chi connectivity index (χ0) is 18.0. The molecule has 0 aliphatic rings. The van der Waals surface area contributed by atoms with Gasteiger partial charge >= 0.3 is 0 Å². The van der Waals surface area contributed by atoms with Crippen molar-refractivity contribution >= 4 is 49.9 Å². The lowest BCUT2D eigenvalue weighted by Gasteiger charge is -2.08. The molecule has 0 fully saturated rings. The van der Waals surface area contributed by atoms with Gasteiger partial charge in [0.25, 0.3) is 5.56 Å². The number of hydrogen-bond acceptors (Lipinski definition) is 5. The van der Waals surface area contributed by atoms with Crippen LogP contribution >= 0.6 is 35.3 Å². The Hall–Kier alpha value is -1.84. The van der Waals surface area contributed by atoms with Gasteiger partial charge in [0.2, 0.25) is 0 Å². The van der Waals surface area contributed by atoms with Crippen molar-refractivity contribution in [1.29, 1.82) is 0 Å². The molecule has 0 spiro atoms. The Morgan fingerprint density at radius 1 is 1.40 bits per heavy atom. The molecule has 0 unspecified atom stereocenters. The average molecular weight is 397 g/mol. The van der Waals surface area contributed by atoms with Crippen LogP contribution in [0, 0.1) is 18.6 Å². The molecule has 9 heteroatoms. The van der Waals surface area contributed by atoms with E-state index in [1.54, 1.807) is 0 Å². The van der Waals surface area contributed by atoms with E-state index in [1.807, 2.05) is 13.0 Å². The molecule has 2 heterocycles. The lowest BCUT2D eigenvalue weighted by molar-refractivity contribution is 0.570. The summed E-state index contributed by atoms with van der Waals surface area (Å²) in [5, 5.41) is 3.49. The molecule has 3 aromatic rings. The summed E-state index contributed by atoms with van der Waals surface area (Å²) in [6.07, 6.45) is 0. The number of H-pyrrole nitrogens is 1. The molecule has 1 aromatic carbocycles. The number of rotatable bonds is 4. The summed E-state index contributed by atoms with van der Waals surface area (Å²) in [6, 6.07) is 5.21. The number of benzene rings is 1. The van der Waals surface area contributed by atoms with Crippen LogP contribution in [0.1, 0.15) is 16.3 Å². The van der Waals surface area contributed by atoms with Crippen molar-refractivity contribution < 1.29 is 8.78 Å². The lowest BCUT2D eigenvalue weighted by Crippen LogP contribution is -2.19. The number of fused-ring (bicyclic) bond motifs is 1. The smallest absolute Gasteiger partial charge is 0.259 e. The minimum Gasteiger partial charge on any atom is -0.367 e. The molecule has 3 rings (SSSR count). The molecule has 0 atom stereocenters. The maximum Gasteiger partial charge on any atom is 0.259 e. The van der Waals surface area contributed by atoms with Gasteiger partial charge in [0, 0.05) is 23.1 Å². The Morgan fingerprint density at radius 2 is 2.20 bits per heavy atom. The van der Waals surface area contributed by atoms with Gasteiger partial charge in [-0.05, 0) is 19.1 Å². The van der Waals surface area contributed by atoms with Gasteiger partial charge in [-0.3, -0.25) is 4.79 Å². The van der Waals surface area contributed by atoms with Gasteiger partial charge in [0.15, 0.2) is 0 Å². The molecule has 0 saturated heterocycles. The van der Waals surface area contributed by atoms with E-state index >= 15 is 0 Å². The molecule has 25 heavy (non-hydrogen) atoms. The SMILES string of the molecule is Cc1cc2c(=O)[nH]c(CSC(=S)NCc3ccc(F)cc3F)nc2s1. The Balaban J connectivity index is 1.59. The van der Waals surface area contributed by atoms with Gasteiger partial charge < -0.3 is 10.3 Å². The number of nitrogens with one attached hydrogen (secondary N) is 2. The highest BCUT2D eigenvalue weighted by molar-refractivity contribution is 8.22. The van der Waals surface area contributed by atoms with Gasteiger partial charge in [-0.25, -0.2) is 13.8 Å². The molecule has 0 aliphatic heterocycles. The number of thiocarbonyl (C=S) groups is 1. The fourth-order valence-corrected chi connectivity index (χ4v) is 3.91. The van der Waals surface area contributed by atoms with E-state index < -0.39 is 11.6 Å². The number of hydrogen-bond donors (Lipinski definition) is 2. The van der Waals surface area contributed by atoms with Crippen molar-refractivity contribution in [3.8, 4) is 0 Å². The Kier molecular flexibility index (Phi) is 5.45. The summed E-state index contributed by atoms with van der Waals surface area (Å²) in [5.41, 5.74) is 0.156. The monoisotopic (exact) mass is 397 g/mol. The quantitative estimate of drug-likeness (QED) is 0.655. The molecule has 0 bridgehead atoms. The van der Waals surface area contributed by atoms with Crippen LogP contribution in [0.15, 0.2) is 29.1 Å². The Labute approximate surface area is 155 Å². The fraction of sp³-hybridized carbons (Fsp3) is 0.188. The Morgan fingerprint density at radius 3 is 2.96 bits per heavy atom. The molecule has 0 aliphatic carbocycles. The highest BCUT2D eigenvalue weighted by Crippen LogP contribution is 2.21. The maximum atomic E-state index is 13.6. The number of aromatic amines is 1. The first-order valence-electron chi connectivity index (χ1n) is 7.26. The third-order valence-corrected chi connectivity index (χ3v) is 5.62. The van der Waals surface area contributed by atoms with Crippen molar-refractivity contribution in [2.24, 2.45) is 0 Å². The number of aromatic nitrogens is 2. The largest absolute Gasteiger partial charge is 0.367 e. The third kappa shape index (κ3) is 4.42. The zero-order valence-corrected chi connectivity index (χ0v) is 15.5. The van der Waals surface area contributed by atoms with Crippen molar-refractivity contribution in [3.05, 3.63) is 62.5 Å². The van der Waals surface area contributed by atoms with Gasteiger partial charge in [0.05, 0.1) is 11.1 Å². The number of thiophene rings is 1. The molecule has 0 amide bonds. The first-order valence-corrected chi connectivity index (χ1v) is 9.47. The molecular weight excluding hydrogens is 384 g/mol. The topological polar surface area (TPSA) is 57.8 Å². The second kappa shape index (κ2) is 7.59. The van der Waals surface area contributed by atoms with Gasteiger partial charge in [-0.15, -0.1) is 11.3 Å². The van der Waals surface area contributed by atoms with E-state index in [0.29, 0.717) is 31.7 Å². The summed E-state index contributed by atoms with van der Waals surface area (Å²) in [5.74, 6) is -0.321. The predicted molar refractivity (Wildman–Crippen MR) is 102 cm³/mol. The summed E-state index contributed by atoms with van der Waals surface area (Å²) in [4.78, 5) is 20.9. The number of nitrogens with zero attached hydrogens (tertiary/aromatic N) is 1. The van der Waals surface area contributed by atoms with Crippen LogP contribution in [0.2, 0.25) is 0 Å². The summed E-state index contributed by atoms with van der Waals surface area (Å²) >= 11 is 7.93. The average Bonchev–Trinajstić information content (AvgIpc) is 2.93. The lowest BCUT2D eigenvalue weighted by atomic mass is 10.2. The molecule has 0 radical (unpaired) electrons. The molecular formula is C16H13F2N3OS3. The highest BCUT2D eigenvalue weighted by atomic mass is 32.2. The first kappa shape index (κ1) is 18.0. The van der Waals surface area contributed by atoms with Gasteiger partial charge in [-0.1, -0.05) is 30.0 Å². The van der Waals surface area contributed by atoms with E-state index in [0.717, 1.165) is 10.9 Å². The number of halogens is 2. The van der Waals surface area contributed by atoms with E-state index in [9.17, 15) is 13.6 Å². The van der Waals surface area contributed by atoms with Crippen LogP contribution in [-0.4, -0.2) is 14.3 Å². The van der Waals surface area contributed by atoms with Crippen molar-refractivity contribution in [2.45, 2.75) is 19.2 Å². The standard InChI is InChI=1S/C16H13F2N3OS3/c1-8-4-11-14(22)20-13(21-15(11)25-8)7-24-16(23)19-6-9-2-3-10(17)5-12(9)18/h2-5H,6-7H2,1H3,(H,19,23)(H,20,21,22). The van der Waals surface area contributed by atoms with Gasteiger partial charge in [-0.2, -0.15) is 0 Å². The second-order valence-electron chi connectivity index (χ2n) is 5.25. The first-order chi connectivity index (χ1) is 11.9. The summed E-state index contributed by atoms with van der Waals surface area (Å²) in [6.45, 7) is 2.08. The van der Waals surface area contributed by atoms with Crippen LogP contribution in [0.4, 0.5) is 8.78 Å². The van der Waals surface area contributed by atoms with Crippen LogP contribution < -0.4 is 10.9 Å². The molecule has 4 nitrogen and oxygen atoms in total. The summed E-state index contributed by atoms with van der Waals surface area (Å²) in [7, 11) is 0. The van der Waals surface area contributed by atoms with Crippen LogP contribution in [0.5, 0.6) is 0 Å². The van der Waals surface area contributed by atoms with Crippen molar-refractivity contribution in [1.82, 2.24) is 15.3 Å². The number of aryl methyl sites for hydroxylation is 1. The second-order valence-corrected chi connectivity index (χ2v) is 8.14. The van der Waals surface area contributed by atoms with Crippen LogP contribution in [-0.2, 0) is 12.3 Å². The van der Waals surface area contributed by atoms with E-state index in [4.69, 9.17) is 12.2 Å². The van der Waals surface area contributed by atoms with Crippen LogP contribution in [0.3, 0.4) is 0 Å². The van der Waals surface area contributed by atoms with Crippen LogP contribution in [0.25, 0.3) is 10.2 Å². The number of thioether (sulfide) groups is 1. The Bertz CT molecular complexity index is 1000. The minimum absolute atomic E-state index is 0.158. The third-order valence-electron chi connectivity index (χ3n) is 3.35.